The number of phenols is 1. The molecule has 6 heteroatoms. The number of hydrogen-bond acceptors (Lipinski definition) is 4. The maximum Gasteiger partial charge on any atom is 0.259 e. The summed E-state index contributed by atoms with van der Waals surface area (Å²) in [5.41, 5.74) is 1.57. The Morgan fingerprint density at radius 2 is 2.21 bits per heavy atom. The zero-order chi connectivity index (χ0) is 13.2. The van der Waals surface area contributed by atoms with E-state index in [1.165, 1.54) is 18.3 Å². The average molecular weight is 254 g/mol. The van der Waals surface area contributed by atoms with E-state index >= 15 is 0 Å². The Bertz CT molecular complexity index is 751. The number of phenolic OH excluding ortho intramolecular Hbond substituents is 1. The zero-order valence-corrected chi connectivity index (χ0v) is 9.82. The monoisotopic (exact) mass is 254 g/mol. The first-order valence-electron chi connectivity index (χ1n) is 5.62. The lowest BCUT2D eigenvalue weighted by Gasteiger charge is -2.04. The molecule has 3 aromatic rings. The molecule has 94 valence electrons. The zero-order valence-electron chi connectivity index (χ0n) is 9.82. The van der Waals surface area contributed by atoms with Crippen LogP contribution in [0.25, 0.3) is 5.52 Å². The number of anilines is 1. The number of nitrogens with one attached hydrogen (secondary N) is 1. The molecule has 0 spiro atoms. The third-order valence-corrected chi connectivity index (χ3v) is 2.67. The van der Waals surface area contributed by atoms with Gasteiger partial charge in [0.05, 0.1) is 23.5 Å². The number of benzene rings is 1. The molecule has 0 radical (unpaired) electrons. The van der Waals surface area contributed by atoms with Crippen LogP contribution in [0, 0.1) is 0 Å². The lowest BCUT2D eigenvalue weighted by Crippen LogP contribution is -2.11. The van der Waals surface area contributed by atoms with Gasteiger partial charge >= 0.3 is 0 Å². The van der Waals surface area contributed by atoms with Crippen molar-refractivity contribution in [3.63, 3.8) is 0 Å². The Morgan fingerprint density at radius 3 is 3.05 bits per heavy atom. The summed E-state index contributed by atoms with van der Waals surface area (Å²) in [5.74, 6) is -0.201. The Kier molecular flexibility index (Phi) is 2.60. The van der Waals surface area contributed by atoms with Gasteiger partial charge in [0.15, 0.2) is 0 Å². The third kappa shape index (κ3) is 2.11. The van der Waals surface area contributed by atoms with Crippen LogP contribution in [0.1, 0.15) is 10.4 Å². The van der Waals surface area contributed by atoms with E-state index in [4.69, 9.17) is 0 Å². The molecule has 0 aliphatic heterocycles. The summed E-state index contributed by atoms with van der Waals surface area (Å²) in [6.45, 7) is 0. The molecule has 3 rings (SSSR count). The van der Waals surface area contributed by atoms with Crippen LogP contribution in [0.4, 0.5) is 5.69 Å². The molecule has 0 aliphatic rings. The van der Waals surface area contributed by atoms with Gasteiger partial charge in [-0.3, -0.25) is 9.78 Å². The lowest BCUT2D eigenvalue weighted by atomic mass is 10.2. The van der Waals surface area contributed by atoms with Gasteiger partial charge in [-0.2, -0.15) is 5.10 Å². The van der Waals surface area contributed by atoms with Crippen LogP contribution >= 0.6 is 0 Å². The molecule has 0 unspecified atom stereocenters. The van der Waals surface area contributed by atoms with Gasteiger partial charge in [0, 0.05) is 24.1 Å². The Hall–Kier alpha value is -2.89. The number of hydrogen-bond donors (Lipinski definition) is 2. The topological polar surface area (TPSA) is 79.5 Å². The van der Waals surface area contributed by atoms with Crippen molar-refractivity contribution >= 4 is 17.1 Å². The number of amides is 1. The van der Waals surface area contributed by atoms with Crippen molar-refractivity contribution in [1.82, 2.24) is 14.6 Å². The number of fused-ring (bicyclic) bond motifs is 1. The highest BCUT2D eigenvalue weighted by molar-refractivity contribution is 6.08. The van der Waals surface area contributed by atoms with E-state index in [0.717, 1.165) is 0 Å². The Morgan fingerprint density at radius 1 is 1.32 bits per heavy atom. The summed E-state index contributed by atoms with van der Waals surface area (Å²) in [4.78, 5) is 16.1. The highest BCUT2D eigenvalue weighted by Crippen LogP contribution is 2.17. The second kappa shape index (κ2) is 4.41. The smallest absolute Gasteiger partial charge is 0.259 e. The molecule has 1 amide bonds. The first-order valence-corrected chi connectivity index (χ1v) is 5.62. The SMILES string of the molecule is O=C(Nc1cccc(O)c1)c1cnn2ccncc12. The first-order chi connectivity index (χ1) is 9.24. The van der Waals surface area contributed by atoms with E-state index in [0.29, 0.717) is 16.8 Å². The van der Waals surface area contributed by atoms with Gasteiger partial charge in [0.25, 0.3) is 5.91 Å². The molecule has 0 bridgehead atoms. The molecule has 6 nitrogen and oxygen atoms in total. The average Bonchev–Trinajstić information content (AvgIpc) is 2.82. The minimum Gasteiger partial charge on any atom is -0.508 e. The van der Waals surface area contributed by atoms with Crippen LogP contribution in [0.3, 0.4) is 0 Å². The van der Waals surface area contributed by atoms with Gasteiger partial charge in [0.1, 0.15) is 5.75 Å². The molecular weight excluding hydrogens is 244 g/mol. The van der Waals surface area contributed by atoms with E-state index in [1.807, 2.05) is 0 Å². The van der Waals surface area contributed by atoms with Crippen molar-refractivity contribution in [1.29, 1.82) is 0 Å². The van der Waals surface area contributed by atoms with Crippen molar-refractivity contribution in [2.75, 3.05) is 5.32 Å². The van der Waals surface area contributed by atoms with Crippen molar-refractivity contribution < 1.29 is 9.90 Å². The molecule has 0 fully saturated rings. The molecule has 2 N–H and O–H groups in total. The highest BCUT2D eigenvalue weighted by Gasteiger charge is 2.12. The number of carbonyl (C=O) groups is 1. The molecule has 2 aromatic heterocycles. The van der Waals surface area contributed by atoms with Gasteiger partial charge < -0.3 is 10.4 Å². The number of carbonyl (C=O) groups excluding carboxylic acids is 1. The van der Waals surface area contributed by atoms with Gasteiger partial charge in [-0.1, -0.05) is 6.07 Å². The van der Waals surface area contributed by atoms with Crippen molar-refractivity contribution in [2.45, 2.75) is 0 Å². The fraction of sp³-hybridized carbons (Fsp3) is 0. The first kappa shape index (κ1) is 11.2. The van der Waals surface area contributed by atoms with E-state index in [-0.39, 0.29) is 11.7 Å². The van der Waals surface area contributed by atoms with Crippen LogP contribution in [0.15, 0.2) is 49.1 Å². The number of aromatic nitrogens is 3. The number of rotatable bonds is 2. The van der Waals surface area contributed by atoms with Gasteiger partial charge in [-0.15, -0.1) is 0 Å². The normalized spacial score (nSPS) is 10.5. The van der Waals surface area contributed by atoms with Crippen LogP contribution < -0.4 is 5.32 Å². The highest BCUT2D eigenvalue weighted by atomic mass is 16.3. The second-order valence-electron chi connectivity index (χ2n) is 3.97. The van der Waals surface area contributed by atoms with Crippen molar-refractivity contribution in [3.05, 3.63) is 54.6 Å². The Labute approximate surface area is 108 Å². The van der Waals surface area contributed by atoms with E-state index < -0.39 is 0 Å². The molecule has 19 heavy (non-hydrogen) atoms. The quantitative estimate of drug-likeness (QED) is 0.729. The van der Waals surface area contributed by atoms with Crippen LogP contribution in [-0.4, -0.2) is 25.6 Å². The molecule has 2 heterocycles. The predicted molar refractivity (Wildman–Crippen MR) is 69.0 cm³/mol. The van der Waals surface area contributed by atoms with E-state index in [9.17, 15) is 9.90 Å². The molecular formula is C13H10N4O2. The summed E-state index contributed by atoms with van der Waals surface area (Å²) in [7, 11) is 0. The van der Waals surface area contributed by atoms with Crippen LogP contribution in [-0.2, 0) is 0 Å². The second-order valence-corrected chi connectivity index (χ2v) is 3.97. The van der Waals surface area contributed by atoms with E-state index in [1.54, 1.807) is 35.2 Å². The van der Waals surface area contributed by atoms with Crippen LogP contribution in [0.5, 0.6) is 5.75 Å². The largest absolute Gasteiger partial charge is 0.508 e. The summed E-state index contributed by atoms with van der Waals surface area (Å²) in [6, 6.07) is 6.36. The summed E-state index contributed by atoms with van der Waals surface area (Å²) >= 11 is 0. The minimum atomic E-state index is -0.298. The van der Waals surface area contributed by atoms with Crippen molar-refractivity contribution in [2.24, 2.45) is 0 Å². The summed E-state index contributed by atoms with van der Waals surface area (Å²) < 4.78 is 1.57. The lowest BCUT2D eigenvalue weighted by molar-refractivity contribution is 0.102. The number of aromatic hydroxyl groups is 1. The van der Waals surface area contributed by atoms with Crippen LogP contribution in [0.2, 0.25) is 0 Å². The fourth-order valence-electron chi connectivity index (χ4n) is 1.79. The van der Waals surface area contributed by atoms with Crippen molar-refractivity contribution in [3.8, 4) is 5.75 Å². The fourth-order valence-corrected chi connectivity index (χ4v) is 1.79. The molecule has 0 saturated heterocycles. The molecule has 1 aromatic carbocycles. The maximum absolute atomic E-state index is 12.1. The minimum absolute atomic E-state index is 0.0966. The van der Waals surface area contributed by atoms with Gasteiger partial charge in [-0.05, 0) is 12.1 Å². The summed E-state index contributed by atoms with van der Waals surface area (Å²) in [5, 5.41) is 16.1. The molecule has 0 saturated carbocycles. The molecule has 0 atom stereocenters. The summed E-state index contributed by atoms with van der Waals surface area (Å²) in [6.07, 6.45) is 6.32. The van der Waals surface area contributed by atoms with Gasteiger partial charge in [0.2, 0.25) is 0 Å². The third-order valence-electron chi connectivity index (χ3n) is 2.67. The Balaban J connectivity index is 1.92. The van der Waals surface area contributed by atoms with Gasteiger partial charge in [-0.25, -0.2) is 4.52 Å². The number of nitrogens with zero attached hydrogens (tertiary/aromatic N) is 3. The predicted octanol–water partition coefficient (Wildman–Crippen LogP) is 1.69. The maximum atomic E-state index is 12.1. The molecule has 0 aliphatic carbocycles. The van der Waals surface area contributed by atoms with E-state index in [2.05, 4.69) is 15.4 Å². The standard InChI is InChI=1S/C13H10N4O2/c18-10-3-1-2-9(6-10)16-13(19)11-7-15-17-5-4-14-8-12(11)17/h1-8,18H,(H,16,19).